The molecule has 4 fully saturated rings. The Morgan fingerprint density at radius 3 is 2.55 bits per heavy atom. The van der Waals surface area contributed by atoms with Crippen molar-refractivity contribution in [2.24, 2.45) is 40.4 Å². The van der Waals surface area contributed by atoms with Crippen LogP contribution >= 0.6 is 0 Å². The SMILES string of the molecule is C=C1C(=O)C2C3[C@@H]2[C@]1(C)[C@H]1[C@@H]3CC(C)(C)[C@@H]1OC(C)=O. The van der Waals surface area contributed by atoms with Crippen molar-refractivity contribution in [3.8, 4) is 0 Å². The summed E-state index contributed by atoms with van der Waals surface area (Å²) >= 11 is 0. The van der Waals surface area contributed by atoms with E-state index in [1.807, 2.05) is 0 Å². The van der Waals surface area contributed by atoms with Crippen molar-refractivity contribution in [2.45, 2.75) is 40.2 Å². The first-order valence-corrected chi connectivity index (χ1v) is 7.62. The van der Waals surface area contributed by atoms with Gasteiger partial charge in [-0.1, -0.05) is 27.4 Å². The molecule has 4 aliphatic rings. The highest BCUT2D eigenvalue weighted by molar-refractivity contribution is 6.04. The lowest BCUT2D eigenvalue weighted by Crippen LogP contribution is -2.41. The van der Waals surface area contributed by atoms with Gasteiger partial charge in [0.05, 0.1) is 0 Å². The Hall–Kier alpha value is -1.12. The average Bonchev–Trinajstić information content (AvgIpc) is 2.91. The van der Waals surface area contributed by atoms with Crippen LogP contribution in [0.2, 0.25) is 0 Å². The van der Waals surface area contributed by atoms with E-state index in [1.165, 1.54) is 6.92 Å². The molecule has 0 bridgehead atoms. The molecule has 0 heterocycles. The van der Waals surface area contributed by atoms with E-state index in [1.54, 1.807) is 0 Å². The van der Waals surface area contributed by atoms with Gasteiger partial charge in [-0.2, -0.15) is 0 Å². The predicted molar refractivity (Wildman–Crippen MR) is 73.7 cm³/mol. The van der Waals surface area contributed by atoms with Gasteiger partial charge in [-0.05, 0) is 29.7 Å². The molecule has 0 aromatic heterocycles. The fourth-order valence-corrected chi connectivity index (χ4v) is 6.18. The normalized spacial score (nSPS) is 53.8. The van der Waals surface area contributed by atoms with Gasteiger partial charge in [0.25, 0.3) is 0 Å². The van der Waals surface area contributed by atoms with Crippen LogP contribution in [0.3, 0.4) is 0 Å². The second kappa shape index (κ2) is 3.20. The summed E-state index contributed by atoms with van der Waals surface area (Å²) < 4.78 is 5.72. The number of ether oxygens (including phenoxy) is 1. The predicted octanol–water partition coefficient (Wildman–Crippen LogP) is 2.60. The van der Waals surface area contributed by atoms with Crippen molar-refractivity contribution in [2.75, 3.05) is 0 Å². The number of hydrogen-bond donors (Lipinski definition) is 0. The smallest absolute Gasteiger partial charge is 0.302 e. The first-order valence-electron chi connectivity index (χ1n) is 7.62. The third kappa shape index (κ3) is 1.11. The third-order valence-corrected chi connectivity index (χ3v) is 6.82. The van der Waals surface area contributed by atoms with Crippen LogP contribution in [-0.4, -0.2) is 17.9 Å². The topological polar surface area (TPSA) is 43.4 Å². The number of esters is 1. The van der Waals surface area contributed by atoms with E-state index in [4.69, 9.17) is 4.74 Å². The summed E-state index contributed by atoms with van der Waals surface area (Å²) in [5.41, 5.74) is 0.664. The summed E-state index contributed by atoms with van der Waals surface area (Å²) in [6, 6.07) is 0. The number of allylic oxidation sites excluding steroid dienone is 1. The molecule has 3 nitrogen and oxygen atoms in total. The Morgan fingerprint density at radius 1 is 1.30 bits per heavy atom. The lowest BCUT2D eigenvalue weighted by molar-refractivity contribution is -0.156. The molecule has 2 unspecified atom stereocenters. The molecule has 4 rings (SSSR count). The summed E-state index contributed by atoms with van der Waals surface area (Å²) in [4.78, 5) is 23.8. The lowest BCUT2D eigenvalue weighted by Gasteiger charge is -2.38. The maximum absolute atomic E-state index is 12.3. The van der Waals surface area contributed by atoms with Crippen molar-refractivity contribution in [1.82, 2.24) is 0 Å². The number of hydrogen-bond acceptors (Lipinski definition) is 3. The molecule has 0 aliphatic heterocycles. The second-order valence-electron chi connectivity index (χ2n) is 8.17. The first kappa shape index (κ1) is 12.6. The van der Waals surface area contributed by atoms with Crippen LogP contribution in [0.5, 0.6) is 0 Å². The van der Waals surface area contributed by atoms with Gasteiger partial charge in [0.1, 0.15) is 6.10 Å². The highest BCUT2D eigenvalue weighted by atomic mass is 16.5. The van der Waals surface area contributed by atoms with Crippen molar-refractivity contribution in [3.63, 3.8) is 0 Å². The van der Waals surface area contributed by atoms with Crippen LogP contribution in [0.4, 0.5) is 0 Å². The van der Waals surface area contributed by atoms with Crippen molar-refractivity contribution in [1.29, 1.82) is 0 Å². The van der Waals surface area contributed by atoms with E-state index < -0.39 is 0 Å². The molecule has 4 aliphatic carbocycles. The molecular weight excluding hydrogens is 252 g/mol. The summed E-state index contributed by atoms with van der Waals surface area (Å²) in [5, 5.41) is 0. The summed E-state index contributed by atoms with van der Waals surface area (Å²) in [6.07, 6.45) is 0.981. The van der Waals surface area contributed by atoms with Gasteiger partial charge in [-0.15, -0.1) is 0 Å². The largest absolute Gasteiger partial charge is 0.462 e. The van der Waals surface area contributed by atoms with Crippen molar-refractivity contribution >= 4 is 11.8 Å². The van der Waals surface area contributed by atoms with Gasteiger partial charge in [0.15, 0.2) is 5.78 Å². The van der Waals surface area contributed by atoms with Gasteiger partial charge >= 0.3 is 5.97 Å². The second-order valence-corrected chi connectivity index (χ2v) is 8.17. The van der Waals surface area contributed by atoms with Crippen LogP contribution in [-0.2, 0) is 14.3 Å². The van der Waals surface area contributed by atoms with E-state index in [0.29, 0.717) is 17.8 Å². The zero-order valence-electron chi connectivity index (χ0n) is 12.6. The molecule has 0 aromatic carbocycles. The highest BCUT2D eigenvalue weighted by Gasteiger charge is 2.83. The molecule has 20 heavy (non-hydrogen) atoms. The Bertz CT molecular complexity index is 561. The average molecular weight is 274 g/mol. The summed E-state index contributed by atoms with van der Waals surface area (Å²) in [6.45, 7) is 12.2. The zero-order valence-corrected chi connectivity index (χ0v) is 12.6. The van der Waals surface area contributed by atoms with Crippen LogP contribution in [0.1, 0.15) is 34.1 Å². The molecule has 0 aromatic rings. The van der Waals surface area contributed by atoms with Gasteiger partial charge in [0.2, 0.25) is 0 Å². The van der Waals surface area contributed by atoms with E-state index in [9.17, 15) is 9.59 Å². The maximum Gasteiger partial charge on any atom is 0.302 e. The maximum atomic E-state index is 12.3. The van der Waals surface area contributed by atoms with E-state index in [2.05, 4.69) is 27.4 Å². The van der Waals surface area contributed by atoms with Gasteiger partial charge in [-0.25, -0.2) is 0 Å². The molecular formula is C17H22O3. The van der Waals surface area contributed by atoms with Crippen LogP contribution in [0.25, 0.3) is 0 Å². The molecule has 108 valence electrons. The molecule has 0 spiro atoms. The van der Waals surface area contributed by atoms with Crippen LogP contribution < -0.4 is 0 Å². The molecule has 0 radical (unpaired) electrons. The first-order chi connectivity index (χ1) is 9.21. The Morgan fingerprint density at radius 2 is 1.95 bits per heavy atom. The standard InChI is InChI=1S/C17H22O3/c1-7-14(19)11-10-9-6-16(3,4)15(20-8(2)18)12(9)17(7,5)13(10)11/h9-13,15H,1,6H2,2-5H3/t9-,10?,11?,12+,13+,15-,17+/m1/s1. The van der Waals surface area contributed by atoms with Gasteiger partial charge in [0, 0.05) is 29.6 Å². The minimum Gasteiger partial charge on any atom is -0.462 e. The Balaban J connectivity index is 1.79. The number of carbonyl (C=O) groups is 2. The van der Waals surface area contributed by atoms with Gasteiger partial charge in [-0.3, -0.25) is 9.59 Å². The molecule has 4 saturated carbocycles. The zero-order chi connectivity index (χ0) is 14.6. The molecule has 3 heteroatoms. The highest BCUT2D eigenvalue weighted by Crippen LogP contribution is 2.82. The molecule has 0 amide bonds. The minimum atomic E-state index is -0.209. The van der Waals surface area contributed by atoms with Crippen LogP contribution in [0.15, 0.2) is 12.2 Å². The monoisotopic (exact) mass is 274 g/mol. The molecule has 0 saturated heterocycles. The minimum absolute atomic E-state index is 0.00103. The van der Waals surface area contributed by atoms with Crippen molar-refractivity contribution in [3.05, 3.63) is 12.2 Å². The van der Waals surface area contributed by atoms with Crippen molar-refractivity contribution < 1.29 is 14.3 Å². The Labute approximate surface area is 119 Å². The molecule has 7 atom stereocenters. The number of carbonyl (C=O) groups excluding carboxylic acids is 2. The van der Waals surface area contributed by atoms with E-state index in [0.717, 1.165) is 12.0 Å². The number of rotatable bonds is 1. The third-order valence-electron chi connectivity index (χ3n) is 6.82. The summed E-state index contributed by atoms with van der Waals surface area (Å²) in [5.74, 6) is 2.13. The number of ketones is 1. The number of fused-ring (bicyclic) bond motifs is 4. The van der Waals surface area contributed by atoms with E-state index in [-0.39, 0.29) is 40.5 Å². The quantitative estimate of drug-likeness (QED) is 0.545. The summed E-state index contributed by atoms with van der Waals surface area (Å²) in [7, 11) is 0. The fraction of sp³-hybridized carbons (Fsp3) is 0.765. The molecule has 0 N–H and O–H groups in total. The lowest BCUT2D eigenvalue weighted by atomic mass is 9.69. The number of Topliss-reactive ketones (excluding diaryl/α,β-unsaturated/α-hetero) is 1. The fourth-order valence-electron chi connectivity index (χ4n) is 6.18. The van der Waals surface area contributed by atoms with E-state index >= 15 is 0 Å². The van der Waals surface area contributed by atoms with Crippen LogP contribution in [0, 0.1) is 40.4 Å². The Kier molecular flexibility index (Phi) is 2.02. The van der Waals surface area contributed by atoms with Gasteiger partial charge < -0.3 is 4.74 Å².